The average molecular weight is 421 g/mol. The molecule has 4 rings (SSSR count). The van der Waals surface area contributed by atoms with E-state index in [1.54, 1.807) is 12.1 Å². The summed E-state index contributed by atoms with van der Waals surface area (Å²) in [4.78, 5) is 11.7. The third-order valence-electron chi connectivity index (χ3n) is 6.03. The SMILES string of the molecule is C=C1C=C(c2ccc(C)c(C)c2)Oc2c1cc(C)cc2C(C)[B]c1ccccc1C(=O)O. The number of allylic oxidation sites excluding steroid dienone is 2. The summed E-state index contributed by atoms with van der Waals surface area (Å²) in [6.07, 6.45) is 1.99. The predicted octanol–water partition coefficient (Wildman–Crippen LogP) is 5.85. The molecule has 1 heterocycles. The molecule has 0 bridgehead atoms. The molecule has 3 aromatic rings. The fourth-order valence-corrected chi connectivity index (χ4v) is 4.10. The Morgan fingerprint density at radius 1 is 1.03 bits per heavy atom. The standard InChI is InChI=1S/C28H26BO3/c1-16-12-23-19(4)15-26(21-11-10-17(2)18(3)14-21)32-27(23)24(13-16)20(5)29-25-9-7-6-8-22(25)28(30)31/h6-15,20H,4H2,1-3,5H3,(H,30,31). The van der Waals surface area contributed by atoms with Gasteiger partial charge in [0.05, 0.1) is 5.56 Å². The van der Waals surface area contributed by atoms with Gasteiger partial charge in [-0.25, -0.2) is 4.79 Å². The van der Waals surface area contributed by atoms with Gasteiger partial charge in [0.2, 0.25) is 0 Å². The molecule has 1 unspecified atom stereocenters. The minimum Gasteiger partial charge on any atom is -0.478 e. The second-order valence-electron chi connectivity index (χ2n) is 8.51. The normalized spacial score (nSPS) is 13.6. The minimum absolute atomic E-state index is 0.0592. The highest BCUT2D eigenvalue weighted by atomic mass is 16.5. The monoisotopic (exact) mass is 421 g/mol. The van der Waals surface area contributed by atoms with Gasteiger partial charge in [0.1, 0.15) is 11.5 Å². The quantitative estimate of drug-likeness (QED) is 0.526. The molecule has 3 nitrogen and oxygen atoms in total. The van der Waals surface area contributed by atoms with Crippen molar-refractivity contribution in [2.75, 3.05) is 0 Å². The molecule has 1 aliphatic rings. The highest BCUT2D eigenvalue weighted by molar-refractivity contribution is 6.56. The highest BCUT2D eigenvalue weighted by Gasteiger charge is 2.25. The Hall–Kier alpha value is -3.53. The maximum absolute atomic E-state index is 11.7. The van der Waals surface area contributed by atoms with Gasteiger partial charge >= 0.3 is 5.97 Å². The lowest BCUT2D eigenvalue weighted by Crippen LogP contribution is -2.27. The van der Waals surface area contributed by atoms with Crippen LogP contribution in [0.25, 0.3) is 11.3 Å². The zero-order chi connectivity index (χ0) is 23.0. The van der Waals surface area contributed by atoms with Crippen LogP contribution in [-0.2, 0) is 0 Å². The Balaban J connectivity index is 1.73. The van der Waals surface area contributed by atoms with E-state index in [2.05, 4.69) is 64.6 Å². The predicted molar refractivity (Wildman–Crippen MR) is 132 cm³/mol. The van der Waals surface area contributed by atoms with E-state index in [1.807, 2.05) is 25.5 Å². The Labute approximate surface area is 190 Å². The molecule has 4 heteroatoms. The number of fused-ring (bicyclic) bond motifs is 1. The van der Waals surface area contributed by atoms with Crippen LogP contribution in [0.4, 0.5) is 0 Å². The Morgan fingerprint density at radius 2 is 1.78 bits per heavy atom. The van der Waals surface area contributed by atoms with Gasteiger partial charge < -0.3 is 9.84 Å². The number of hydrogen-bond donors (Lipinski definition) is 1. The first kappa shape index (κ1) is 21.7. The number of carbonyl (C=O) groups is 1. The van der Waals surface area contributed by atoms with Crippen molar-refractivity contribution >= 4 is 30.0 Å². The summed E-state index contributed by atoms with van der Waals surface area (Å²) < 4.78 is 6.47. The van der Waals surface area contributed by atoms with Crippen LogP contribution in [0.3, 0.4) is 0 Å². The van der Waals surface area contributed by atoms with Crippen LogP contribution >= 0.6 is 0 Å². The number of ether oxygens (including phenoxy) is 1. The van der Waals surface area contributed by atoms with Gasteiger partial charge in [-0.1, -0.05) is 55.4 Å². The van der Waals surface area contributed by atoms with Crippen LogP contribution in [-0.4, -0.2) is 18.4 Å². The van der Waals surface area contributed by atoms with E-state index >= 15 is 0 Å². The van der Waals surface area contributed by atoms with Crippen molar-refractivity contribution in [2.45, 2.75) is 33.5 Å². The van der Waals surface area contributed by atoms with Crippen molar-refractivity contribution in [2.24, 2.45) is 0 Å². The van der Waals surface area contributed by atoms with Gasteiger partial charge in [-0.05, 0) is 78.7 Å². The summed E-state index contributed by atoms with van der Waals surface area (Å²) in [6, 6.07) is 17.6. The van der Waals surface area contributed by atoms with Crippen molar-refractivity contribution in [3.63, 3.8) is 0 Å². The molecular formula is C28H26BO3. The highest BCUT2D eigenvalue weighted by Crippen LogP contribution is 2.42. The number of carboxylic acids is 1. The molecule has 1 N–H and O–H groups in total. The van der Waals surface area contributed by atoms with Gasteiger partial charge in [0, 0.05) is 11.1 Å². The Kier molecular flexibility index (Phi) is 5.79. The number of aromatic carboxylic acids is 1. The first-order valence-electron chi connectivity index (χ1n) is 10.7. The molecular weight excluding hydrogens is 395 g/mol. The van der Waals surface area contributed by atoms with E-state index in [1.165, 1.54) is 11.1 Å². The summed E-state index contributed by atoms with van der Waals surface area (Å²) in [5, 5.41) is 9.56. The van der Waals surface area contributed by atoms with E-state index in [-0.39, 0.29) is 5.82 Å². The van der Waals surface area contributed by atoms with Crippen molar-refractivity contribution in [1.82, 2.24) is 0 Å². The molecule has 32 heavy (non-hydrogen) atoms. The molecule has 0 spiro atoms. The van der Waals surface area contributed by atoms with Gasteiger partial charge in [0.15, 0.2) is 7.28 Å². The zero-order valence-electron chi connectivity index (χ0n) is 18.9. The second kappa shape index (κ2) is 8.54. The summed E-state index contributed by atoms with van der Waals surface area (Å²) in [5.41, 5.74) is 8.44. The largest absolute Gasteiger partial charge is 0.478 e. The topological polar surface area (TPSA) is 46.5 Å². The summed E-state index contributed by atoms with van der Waals surface area (Å²) in [5.74, 6) is 0.567. The molecule has 0 aliphatic carbocycles. The summed E-state index contributed by atoms with van der Waals surface area (Å²) in [7, 11) is 1.98. The maximum Gasteiger partial charge on any atom is 0.335 e. The number of rotatable bonds is 5. The number of carboxylic acid groups (broad SMARTS) is 1. The molecule has 1 aliphatic heterocycles. The lowest BCUT2D eigenvalue weighted by atomic mass is 9.56. The number of benzene rings is 3. The zero-order valence-corrected chi connectivity index (χ0v) is 18.9. The van der Waals surface area contributed by atoms with Crippen molar-refractivity contribution < 1.29 is 14.6 Å². The van der Waals surface area contributed by atoms with Crippen molar-refractivity contribution in [3.8, 4) is 5.75 Å². The van der Waals surface area contributed by atoms with E-state index in [4.69, 9.17) is 4.74 Å². The van der Waals surface area contributed by atoms with E-state index in [0.29, 0.717) is 11.0 Å². The van der Waals surface area contributed by atoms with Gasteiger partial charge in [-0.3, -0.25) is 0 Å². The van der Waals surface area contributed by atoms with Gasteiger partial charge in [-0.15, -0.1) is 0 Å². The second-order valence-corrected chi connectivity index (χ2v) is 8.51. The third kappa shape index (κ3) is 4.13. The summed E-state index contributed by atoms with van der Waals surface area (Å²) >= 11 is 0. The minimum atomic E-state index is -0.931. The van der Waals surface area contributed by atoms with Crippen LogP contribution in [0, 0.1) is 20.8 Å². The maximum atomic E-state index is 11.7. The molecule has 1 atom stereocenters. The lowest BCUT2D eigenvalue weighted by Gasteiger charge is -2.26. The molecule has 0 fully saturated rings. The summed E-state index contributed by atoms with van der Waals surface area (Å²) in [6.45, 7) is 12.6. The molecule has 0 amide bonds. The van der Waals surface area contributed by atoms with E-state index in [0.717, 1.165) is 39.3 Å². The molecule has 1 radical (unpaired) electrons. The molecule has 3 aromatic carbocycles. The third-order valence-corrected chi connectivity index (χ3v) is 6.03. The smallest absolute Gasteiger partial charge is 0.335 e. The average Bonchev–Trinajstić information content (AvgIpc) is 2.75. The molecule has 0 aromatic heterocycles. The van der Waals surface area contributed by atoms with Crippen molar-refractivity contribution in [1.29, 1.82) is 0 Å². The number of aryl methyl sites for hydroxylation is 3. The molecule has 0 saturated heterocycles. The fraction of sp³-hybridized carbons (Fsp3) is 0.179. The van der Waals surface area contributed by atoms with Crippen LogP contribution in [0.15, 0.2) is 67.3 Å². The Morgan fingerprint density at radius 3 is 2.50 bits per heavy atom. The first-order valence-corrected chi connectivity index (χ1v) is 10.7. The van der Waals surface area contributed by atoms with Crippen LogP contribution in [0.5, 0.6) is 5.75 Å². The Bertz CT molecular complexity index is 1270. The fourth-order valence-electron chi connectivity index (χ4n) is 4.10. The van der Waals surface area contributed by atoms with Crippen molar-refractivity contribution in [3.05, 3.63) is 106 Å². The molecule has 0 saturated carbocycles. The van der Waals surface area contributed by atoms with Crippen LogP contribution < -0.4 is 10.2 Å². The first-order chi connectivity index (χ1) is 15.2. The lowest BCUT2D eigenvalue weighted by molar-refractivity contribution is 0.0698. The van der Waals surface area contributed by atoms with Gasteiger partial charge in [0.25, 0.3) is 0 Å². The number of hydrogen-bond acceptors (Lipinski definition) is 2. The van der Waals surface area contributed by atoms with Gasteiger partial charge in [-0.2, -0.15) is 0 Å². The molecule has 159 valence electrons. The van der Waals surface area contributed by atoms with Crippen LogP contribution in [0.2, 0.25) is 0 Å². The van der Waals surface area contributed by atoms with E-state index in [9.17, 15) is 9.90 Å². The van der Waals surface area contributed by atoms with E-state index < -0.39 is 5.97 Å². The van der Waals surface area contributed by atoms with Crippen LogP contribution in [0.1, 0.15) is 56.5 Å².